The Morgan fingerprint density at radius 1 is 1.33 bits per heavy atom. The molecular weight excluding hydrogens is 287 g/mol. The van der Waals surface area contributed by atoms with Crippen LogP contribution in [0.4, 0.5) is 13.2 Å². The fraction of sp³-hybridized carbons (Fsp3) is 0.308. The van der Waals surface area contributed by atoms with Crippen molar-refractivity contribution in [2.24, 2.45) is 10.9 Å². The predicted octanol–water partition coefficient (Wildman–Crippen LogP) is 2.31. The van der Waals surface area contributed by atoms with Crippen molar-refractivity contribution < 1.29 is 23.1 Å². The van der Waals surface area contributed by atoms with Gasteiger partial charge in [-0.3, -0.25) is 0 Å². The number of fused-ring (bicyclic) bond motifs is 1. The highest BCUT2D eigenvalue weighted by molar-refractivity contribution is 6.08. The molecule has 2 rings (SSSR count). The minimum atomic E-state index is -4.32. The summed E-state index contributed by atoms with van der Waals surface area (Å²) in [5, 5.41) is 12.4. The number of aromatic nitrogens is 1. The van der Waals surface area contributed by atoms with Crippen LogP contribution in [0.3, 0.4) is 0 Å². The number of ether oxygens (including phenoxy) is 1. The van der Waals surface area contributed by atoms with Gasteiger partial charge >= 0.3 is 6.18 Å². The van der Waals surface area contributed by atoms with Gasteiger partial charge in [0.1, 0.15) is 6.61 Å². The van der Waals surface area contributed by atoms with Crippen LogP contribution in [0.1, 0.15) is 5.56 Å². The Balaban J connectivity index is 2.12. The number of oxime groups is 1. The van der Waals surface area contributed by atoms with E-state index in [2.05, 4.69) is 9.89 Å². The molecule has 1 aromatic heterocycles. The van der Waals surface area contributed by atoms with Gasteiger partial charge in [0.25, 0.3) is 0 Å². The predicted molar refractivity (Wildman–Crippen MR) is 71.3 cm³/mol. The second-order valence-electron chi connectivity index (χ2n) is 4.40. The van der Waals surface area contributed by atoms with Crippen LogP contribution in [0.2, 0.25) is 0 Å². The van der Waals surface area contributed by atoms with Crippen molar-refractivity contribution in [2.45, 2.75) is 12.7 Å². The van der Waals surface area contributed by atoms with Crippen molar-refractivity contribution in [3.05, 3.63) is 36.0 Å². The number of nitrogens with two attached hydrogens (primary N) is 1. The average molecular weight is 301 g/mol. The Morgan fingerprint density at radius 2 is 2.10 bits per heavy atom. The van der Waals surface area contributed by atoms with E-state index in [4.69, 9.17) is 10.9 Å². The van der Waals surface area contributed by atoms with Crippen LogP contribution in [0.5, 0.6) is 0 Å². The Bertz CT molecular complexity index is 650. The van der Waals surface area contributed by atoms with Crippen molar-refractivity contribution in [3.8, 4) is 0 Å². The van der Waals surface area contributed by atoms with E-state index in [9.17, 15) is 13.2 Å². The molecule has 2 aromatic rings. The quantitative estimate of drug-likeness (QED) is 0.293. The van der Waals surface area contributed by atoms with Crippen molar-refractivity contribution in [2.75, 3.05) is 13.2 Å². The zero-order valence-corrected chi connectivity index (χ0v) is 11.0. The summed E-state index contributed by atoms with van der Waals surface area (Å²) in [5.41, 5.74) is 6.91. The molecule has 0 bridgehead atoms. The molecular formula is C13H14F3N3O2. The molecule has 0 unspecified atom stereocenters. The summed E-state index contributed by atoms with van der Waals surface area (Å²) < 4.78 is 42.3. The number of benzene rings is 1. The van der Waals surface area contributed by atoms with Crippen LogP contribution in [-0.2, 0) is 11.3 Å². The van der Waals surface area contributed by atoms with Gasteiger partial charge in [0.05, 0.1) is 6.61 Å². The van der Waals surface area contributed by atoms with E-state index in [0.717, 1.165) is 10.9 Å². The molecule has 0 fully saturated rings. The van der Waals surface area contributed by atoms with E-state index < -0.39 is 12.8 Å². The topological polar surface area (TPSA) is 72.8 Å². The molecule has 21 heavy (non-hydrogen) atoms. The Hall–Kier alpha value is -2.22. The van der Waals surface area contributed by atoms with Crippen LogP contribution in [0, 0.1) is 0 Å². The van der Waals surface area contributed by atoms with Crippen molar-refractivity contribution >= 4 is 16.7 Å². The standard InChI is InChI=1S/C13H14F3N3O2/c14-13(15,16)8-21-7-6-19-5-4-9-10(12(17)18-20)2-1-3-11(9)19/h1-5,20H,6-8H2,(H2,17,18). The summed E-state index contributed by atoms with van der Waals surface area (Å²) in [6.45, 7) is -1.04. The van der Waals surface area contributed by atoms with Gasteiger partial charge in [-0.15, -0.1) is 0 Å². The third-order valence-electron chi connectivity index (χ3n) is 2.94. The Labute approximate surface area is 118 Å². The molecule has 0 saturated heterocycles. The van der Waals surface area contributed by atoms with E-state index in [1.54, 1.807) is 35.0 Å². The summed E-state index contributed by atoms with van der Waals surface area (Å²) in [4.78, 5) is 0. The maximum Gasteiger partial charge on any atom is 0.411 e. The molecule has 1 heterocycles. The van der Waals surface area contributed by atoms with E-state index in [1.165, 1.54) is 0 Å². The number of amidine groups is 1. The third-order valence-corrected chi connectivity index (χ3v) is 2.94. The van der Waals surface area contributed by atoms with Crippen molar-refractivity contribution in [1.29, 1.82) is 0 Å². The molecule has 0 spiro atoms. The van der Waals surface area contributed by atoms with Crippen LogP contribution in [0.15, 0.2) is 35.6 Å². The Morgan fingerprint density at radius 3 is 2.76 bits per heavy atom. The number of hydrogen-bond donors (Lipinski definition) is 2. The van der Waals surface area contributed by atoms with Gasteiger partial charge in [-0.25, -0.2) is 0 Å². The molecule has 8 heteroatoms. The largest absolute Gasteiger partial charge is 0.411 e. The molecule has 1 aromatic carbocycles. The van der Waals surface area contributed by atoms with E-state index in [0.29, 0.717) is 5.56 Å². The number of halogens is 3. The van der Waals surface area contributed by atoms with E-state index >= 15 is 0 Å². The van der Waals surface area contributed by atoms with E-state index in [1.807, 2.05) is 0 Å². The molecule has 0 amide bonds. The number of hydrogen-bond acceptors (Lipinski definition) is 3. The average Bonchev–Trinajstić information content (AvgIpc) is 2.85. The second kappa shape index (κ2) is 6.04. The smallest absolute Gasteiger partial charge is 0.409 e. The van der Waals surface area contributed by atoms with Gasteiger partial charge in [-0.05, 0) is 12.1 Å². The van der Waals surface area contributed by atoms with Crippen LogP contribution >= 0.6 is 0 Å². The Kier molecular flexibility index (Phi) is 4.37. The van der Waals surface area contributed by atoms with Gasteiger partial charge in [-0.1, -0.05) is 17.3 Å². The molecule has 114 valence electrons. The zero-order chi connectivity index (χ0) is 15.5. The first kappa shape index (κ1) is 15.2. The zero-order valence-electron chi connectivity index (χ0n) is 11.0. The minimum absolute atomic E-state index is 0.0216. The second-order valence-corrected chi connectivity index (χ2v) is 4.40. The maximum atomic E-state index is 12.0. The molecule has 0 atom stereocenters. The summed E-state index contributed by atoms with van der Waals surface area (Å²) in [6, 6.07) is 6.98. The molecule has 0 saturated carbocycles. The van der Waals surface area contributed by atoms with Crippen LogP contribution in [0.25, 0.3) is 10.9 Å². The number of alkyl halides is 3. The molecule has 0 aliphatic rings. The lowest BCUT2D eigenvalue weighted by Crippen LogP contribution is -2.18. The molecule has 3 N–H and O–H groups in total. The molecule has 5 nitrogen and oxygen atoms in total. The highest BCUT2D eigenvalue weighted by atomic mass is 19.4. The first-order valence-corrected chi connectivity index (χ1v) is 6.12. The molecule has 0 aliphatic heterocycles. The van der Waals surface area contributed by atoms with Gasteiger partial charge in [-0.2, -0.15) is 13.2 Å². The lowest BCUT2D eigenvalue weighted by Gasteiger charge is -2.09. The highest BCUT2D eigenvalue weighted by Gasteiger charge is 2.27. The summed E-state index contributed by atoms with van der Waals surface area (Å²) in [5.74, 6) is -0.0216. The van der Waals surface area contributed by atoms with E-state index in [-0.39, 0.29) is 19.0 Å². The summed E-state index contributed by atoms with van der Waals surface area (Å²) >= 11 is 0. The van der Waals surface area contributed by atoms with Gasteiger partial charge < -0.3 is 20.2 Å². The first-order chi connectivity index (χ1) is 9.92. The summed E-state index contributed by atoms with van der Waals surface area (Å²) in [7, 11) is 0. The minimum Gasteiger partial charge on any atom is -0.409 e. The van der Waals surface area contributed by atoms with Crippen LogP contribution in [-0.4, -0.2) is 35.0 Å². The SMILES string of the molecule is N/C(=N/O)c1cccc2c1ccn2CCOCC(F)(F)F. The fourth-order valence-electron chi connectivity index (χ4n) is 2.05. The number of nitrogens with zero attached hydrogens (tertiary/aromatic N) is 2. The van der Waals surface area contributed by atoms with Crippen molar-refractivity contribution in [3.63, 3.8) is 0 Å². The summed E-state index contributed by atoms with van der Waals surface area (Å²) in [6.07, 6.45) is -2.60. The monoisotopic (exact) mass is 301 g/mol. The maximum absolute atomic E-state index is 12.0. The normalized spacial score (nSPS) is 13.0. The van der Waals surface area contributed by atoms with Gasteiger partial charge in [0.15, 0.2) is 5.84 Å². The third kappa shape index (κ3) is 3.66. The molecule has 0 aliphatic carbocycles. The first-order valence-electron chi connectivity index (χ1n) is 6.12. The molecule has 0 radical (unpaired) electrons. The van der Waals surface area contributed by atoms with Gasteiger partial charge in [0.2, 0.25) is 0 Å². The van der Waals surface area contributed by atoms with Crippen LogP contribution < -0.4 is 5.73 Å². The fourth-order valence-corrected chi connectivity index (χ4v) is 2.05. The lowest BCUT2D eigenvalue weighted by molar-refractivity contribution is -0.174. The van der Waals surface area contributed by atoms with Gasteiger partial charge in [0, 0.05) is 29.2 Å². The van der Waals surface area contributed by atoms with Crippen molar-refractivity contribution in [1.82, 2.24) is 4.57 Å². The highest BCUT2D eigenvalue weighted by Crippen LogP contribution is 2.20. The number of rotatable bonds is 5. The lowest BCUT2D eigenvalue weighted by atomic mass is 10.1.